The Morgan fingerprint density at radius 1 is 1.55 bits per heavy atom. The molecule has 0 heterocycles. The number of hydrogen-bond acceptors (Lipinski definition) is 2. The number of Topliss-reactive ketones (excluding diaryl/α,β-unsaturated/α-hetero) is 1. The number of nitrogens with zero attached hydrogens (tertiary/aromatic N) is 1. The fourth-order valence-corrected chi connectivity index (χ4v) is 1.85. The molecule has 2 aliphatic carbocycles. The molecule has 2 heteroatoms. The van der Waals surface area contributed by atoms with Gasteiger partial charge >= 0.3 is 0 Å². The fraction of sp³-hybridized carbons (Fsp3) is 0.778. The second kappa shape index (κ2) is 2.07. The van der Waals surface area contributed by atoms with Gasteiger partial charge in [0.15, 0.2) is 0 Å². The summed E-state index contributed by atoms with van der Waals surface area (Å²) in [5, 5.41) is 8.83. The van der Waals surface area contributed by atoms with E-state index in [1.807, 2.05) is 0 Å². The SMILES string of the molecule is N#CC1(CC2CC2)CC(=O)C1. The molecule has 0 aromatic carbocycles. The molecule has 0 N–H and O–H groups in total. The molecule has 2 nitrogen and oxygen atoms in total. The molecule has 2 aliphatic rings. The molecule has 0 aliphatic heterocycles. The van der Waals surface area contributed by atoms with Crippen LogP contribution >= 0.6 is 0 Å². The Morgan fingerprint density at radius 2 is 2.18 bits per heavy atom. The molecule has 2 saturated carbocycles. The zero-order valence-electron chi connectivity index (χ0n) is 6.47. The number of nitriles is 1. The molecule has 0 amide bonds. The predicted molar refractivity (Wildman–Crippen MR) is 39.6 cm³/mol. The van der Waals surface area contributed by atoms with E-state index in [-0.39, 0.29) is 11.2 Å². The van der Waals surface area contributed by atoms with Gasteiger partial charge in [0.2, 0.25) is 0 Å². The van der Waals surface area contributed by atoms with Crippen LogP contribution in [0, 0.1) is 22.7 Å². The van der Waals surface area contributed by atoms with Gasteiger partial charge < -0.3 is 0 Å². The predicted octanol–water partition coefficient (Wildman–Crippen LogP) is 1.66. The summed E-state index contributed by atoms with van der Waals surface area (Å²) in [7, 11) is 0. The van der Waals surface area contributed by atoms with Gasteiger partial charge in [-0.15, -0.1) is 0 Å². The molecule has 0 atom stereocenters. The Morgan fingerprint density at radius 3 is 2.55 bits per heavy atom. The van der Waals surface area contributed by atoms with Crippen molar-refractivity contribution in [2.24, 2.45) is 11.3 Å². The minimum Gasteiger partial charge on any atom is -0.300 e. The van der Waals surface area contributed by atoms with Crippen molar-refractivity contribution in [3.05, 3.63) is 0 Å². The second-order valence-corrected chi connectivity index (χ2v) is 3.93. The smallest absolute Gasteiger partial charge is 0.136 e. The van der Waals surface area contributed by atoms with Crippen molar-refractivity contribution in [3.63, 3.8) is 0 Å². The molecule has 2 fully saturated rings. The third-order valence-corrected chi connectivity index (χ3v) is 2.68. The number of rotatable bonds is 2. The highest BCUT2D eigenvalue weighted by Gasteiger charge is 2.46. The van der Waals surface area contributed by atoms with Gasteiger partial charge in [0, 0.05) is 12.8 Å². The summed E-state index contributed by atoms with van der Waals surface area (Å²) in [5.41, 5.74) is -0.224. The Kier molecular flexibility index (Phi) is 1.29. The van der Waals surface area contributed by atoms with E-state index in [4.69, 9.17) is 5.26 Å². The number of ketones is 1. The van der Waals surface area contributed by atoms with Crippen molar-refractivity contribution in [2.45, 2.75) is 32.1 Å². The fourth-order valence-electron chi connectivity index (χ4n) is 1.85. The molecule has 58 valence electrons. The Bertz CT molecular complexity index is 226. The Hall–Kier alpha value is -0.840. The van der Waals surface area contributed by atoms with Crippen LogP contribution in [0.25, 0.3) is 0 Å². The monoisotopic (exact) mass is 149 g/mol. The zero-order valence-corrected chi connectivity index (χ0v) is 6.47. The Labute approximate surface area is 66.2 Å². The van der Waals surface area contributed by atoms with Gasteiger partial charge in [0.1, 0.15) is 5.78 Å². The van der Waals surface area contributed by atoms with E-state index in [1.165, 1.54) is 12.8 Å². The topological polar surface area (TPSA) is 40.9 Å². The third kappa shape index (κ3) is 1.16. The molecule has 0 aromatic rings. The standard InChI is InChI=1S/C9H11NO/c10-6-9(3-7-1-2-7)4-8(11)5-9/h7H,1-5H2. The van der Waals surface area contributed by atoms with Crippen LogP contribution in [0.15, 0.2) is 0 Å². The molecule has 0 aromatic heterocycles. The lowest BCUT2D eigenvalue weighted by molar-refractivity contribution is -0.130. The van der Waals surface area contributed by atoms with Gasteiger partial charge in [-0.2, -0.15) is 5.26 Å². The minimum atomic E-state index is -0.224. The number of carbonyl (C=O) groups excluding carboxylic acids is 1. The molecule has 0 unspecified atom stereocenters. The van der Waals surface area contributed by atoms with E-state index < -0.39 is 0 Å². The van der Waals surface area contributed by atoms with Crippen LogP contribution in [0.1, 0.15) is 32.1 Å². The van der Waals surface area contributed by atoms with E-state index in [2.05, 4.69) is 6.07 Å². The van der Waals surface area contributed by atoms with Crippen molar-refractivity contribution in [3.8, 4) is 6.07 Å². The van der Waals surface area contributed by atoms with Crippen LogP contribution in [0.2, 0.25) is 0 Å². The van der Waals surface area contributed by atoms with Crippen LogP contribution in [0.5, 0.6) is 0 Å². The van der Waals surface area contributed by atoms with E-state index in [9.17, 15) is 4.79 Å². The first-order chi connectivity index (χ1) is 5.24. The highest BCUT2D eigenvalue weighted by atomic mass is 16.1. The summed E-state index contributed by atoms with van der Waals surface area (Å²) in [6.45, 7) is 0. The average Bonchev–Trinajstić information content (AvgIpc) is 2.67. The third-order valence-electron chi connectivity index (χ3n) is 2.68. The second-order valence-electron chi connectivity index (χ2n) is 3.93. The van der Waals surface area contributed by atoms with E-state index in [0.29, 0.717) is 12.8 Å². The molecule has 2 rings (SSSR count). The molecule has 11 heavy (non-hydrogen) atoms. The summed E-state index contributed by atoms with van der Waals surface area (Å²) < 4.78 is 0. The van der Waals surface area contributed by atoms with Crippen molar-refractivity contribution in [1.82, 2.24) is 0 Å². The summed E-state index contributed by atoms with van der Waals surface area (Å²) in [6.07, 6.45) is 4.59. The summed E-state index contributed by atoms with van der Waals surface area (Å²) in [5.74, 6) is 1.04. The quantitative estimate of drug-likeness (QED) is 0.599. The molecule has 0 spiro atoms. The number of hydrogen-bond donors (Lipinski definition) is 0. The highest BCUT2D eigenvalue weighted by Crippen LogP contribution is 2.48. The molecule has 0 saturated heterocycles. The summed E-state index contributed by atoms with van der Waals surface area (Å²) in [4.78, 5) is 10.7. The lowest BCUT2D eigenvalue weighted by Gasteiger charge is -2.33. The molecular formula is C9H11NO. The first-order valence-electron chi connectivity index (χ1n) is 4.17. The van der Waals surface area contributed by atoms with Crippen molar-refractivity contribution in [1.29, 1.82) is 5.26 Å². The number of carbonyl (C=O) groups is 1. The van der Waals surface area contributed by atoms with Crippen LogP contribution in [0.3, 0.4) is 0 Å². The first kappa shape index (κ1) is 6.84. The maximum Gasteiger partial charge on any atom is 0.136 e. The van der Waals surface area contributed by atoms with Gasteiger partial charge in [0.05, 0.1) is 11.5 Å². The van der Waals surface area contributed by atoms with Crippen LogP contribution in [-0.4, -0.2) is 5.78 Å². The highest BCUT2D eigenvalue weighted by molar-refractivity contribution is 5.87. The van der Waals surface area contributed by atoms with Gasteiger partial charge in [-0.1, -0.05) is 12.8 Å². The van der Waals surface area contributed by atoms with Gasteiger partial charge in [-0.3, -0.25) is 4.79 Å². The van der Waals surface area contributed by atoms with Crippen molar-refractivity contribution in [2.75, 3.05) is 0 Å². The Balaban J connectivity index is 1.96. The van der Waals surface area contributed by atoms with Crippen LogP contribution < -0.4 is 0 Å². The first-order valence-corrected chi connectivity index (χ1v) is 4.17. The van der Waals surface area contributed by atoms with Crippen LogP contribution in [-0.2, 0) is 4.79 Å². The van der Waals surface area contributed by atoms with Gasteiger partial charge in [0.25, 0.3) is 0 Å². The van der Waals surface area contributed by atoms with E-state index in [1.54, 1.807) is 0 Å². The summed E-state index contributed by atoms with van der Waals surface area (Å²) >= 11 is 0. The van der Waals surface area contributed by atoms with Crippen molar-refractivity contribution < 1.29 is 4.79 Å². The maximum atomic E-state index is 10.7. The zero-order chi connectivity index (χ0) is 7.90. The molecule has 0 bridgehead atoms. The lowest BCUT2D eigenvalue weighted by Crippen LogP contribution is -2.36. The largest absolute Gasteiger partial charge is 0.300 e. The van der Waals surface area contributed by atoms with Crippen LogP contribution in [0.4, 0.5) is 0 Å². The molecule has 0 radical (unpaired) electrons. The normalized spacial score (nSPS) is 27.4. The lowest BCUT2D eigenvalue weighted by atomic mass is 9.66. The van der Waals surface area contributed by atoms with Crippen molar-refractivity contribution >= 4 is 5.78 Å². The van der Waals surface area contributed by atoms with E-state index in [0.717, 1.165) is 12.3 Å². The maximum absolute atomic E-state index is 10.7. The minimum absolute atomic E-state index is 0.224. The van der Waals surface area contributed by atoms with Gasteiger partial charge in [-0.05, 0) is 12.3 Å². The summed E-state index contributed by atoms with van der Waals surface area (Å²) in [6, 6.07) is 2.30. The average molecular weight is 149 g/mol. The van der Waals surface area contributed by atoms with E-state index >= 15 is 0 Å². The molecular weight excluding hydrogens is 138 g/mol. The van der Waals surface area contributed by atoms with Gasteiger partial charge in [-0.25, -0.2) is 0 Å².